The Morgan fingerprint density at radius 1 is 1.42 bits per heavy atom. The van der Waals surface area contributed by atoms with Crippen LogP contribution in [-0.4, -0.2) is 49.3 Å². The molecule has 3 heteroatoms. The first kappa shape index (κ1) is 15.0. The minimum Gasteiger partial charge on any atom is -0.376 e. The third-order valence-corrected chi connectivity index (χ3v) is 4.64. The molecule has 1 heterocycles. The summed E-state index contributed by atoms with van der Waals surface area (Å²) in [5.74, 6) is 0. The number of hydrogen-bond acceptors (Lipinski definition) is 3. The molecule has 3 nitrogen and oxygen atoms in total. The van der Waals surface area contributed by atoms with Crippen molar-refractivity contribution in [2.45, 2.75) is 57.5 Å². The molecule has 2 fully saturated rings. The molecule has 0 bridgehead atoms. The Balaban J connectivity index is 1.81. The highest BCUT2D eigenvalue weighted by molar-refractivity contribution is 5.00. The van der Waals surface area contributed by atoms with E-state index in [2.05, 4.69) is 23.7 Å². The number of nitrogens with one attached hydrogen (secondary N) is 1. The van der Waals surface area contributed by atoms with Gasteiger partial charge in [-0.15, -0.1) is 0 Å². The smallest absolute Gasteiger partial charge is 0.0672 e. The quantitative estimate of drug-likeness (QED) is 0.591. The van der Waals surface area contributed by atoms with Gasteiger partial charge in [-0.3, -0.25) is 4.90 Å². The zero-order valence-electron chi connectivity index (χ0n) is 12.7. The number of piperazine rings is 1. The van der Waals surface area contributed by atoms with Gasteiger partial charge in [-0.1, -0.05) is 31.9 Å². The minimum absolute atomic E-state index is 0.417. The third-order valence-electron chi connectivity index (χ3n) is 4.64. The van der Waals surface area contributed by atoms with Crippen LogP contribution in [0.2, 0.25) is 0 Å². The van der Waals surface area contributed by atoms with Crippen LogP contribution >= 0.6 is 0 Å². The van der Waals surface area contributed by atoms with E-state index in [1.54, 1.807) is 0 Å². The molecule has 0 amide bonds. The van der Waals surface area contributed by atoms with Crippen LogP contribution in [0.15, 0.2) is 12.2 Å². The highest BCUT2D eigenvalue weighted by Crippen LogP contribution is 2.33. The van der Waals surface area contributed by atoms with Gasteiger partial charge in [0, 0.05) is 31.2 Å². The first-order valence-corrected chi connectivity index (χ1v) is 7.86. The van der Waals surface area contributed by atoms with Crippen molar-refractivity contribution in [3.63, 3.8) is 0 Å². The second kappa shape index (κ2) is 6.87. The van der Waals surface area contributed by atoms with Crippen LogP contribution in [0.4, 0.5) is 0 Å². The Bertz CT molecular complexity index is 297. The summed E-state index contributed by atoms with van der Waals surface area (Å²) >= 11 is 0. The number of rotatable bonds is 6. The summed E-state index contributed by atoms with van der Waals surface area (Å²) in [6, 6.07) is 0.680. The molecule has 1 aliphatic carbocycles. The van der Waals surface area contributed by atoms with E-state index in [1.807, 2.05) is 6.92 Å². The molecule has 0 aromatic heterocycles. The number of ether oxygens (including phenoxy) is 1. The topological polar surface area (TPSA) is 24.5 Å². The van der Waals surface area contributed by atoms with Crippen molar-refractivity contribution in [2.75, 3.05) is 32.8 Å². The van der Waals surface area contributed by atoms with E-state index < -0.39 is 0 Å². The second-order valence-corrected chi connectivity index (χ2v) is 6.41. The largest absolute Gasteiger partial charge is 0.376 e. The summed E-state index contributed by atoms with van der Waals surface area (Å²) in [5, 5.41) is 3.84. The molecule has 2 rings (SSSR count). The Labute approximate surface area is 118 Å². The summed E-state index contributed by atoms with van der Waals surface area (Å²) in [6.07, 6.45) is 6.72. The van der Waals surface area contributed by atoms with E-state index in [9.17, 15) is 0 Å². The zero-order chi connectivity index (χ0) is 13.7. The van der Waals surface area contributed by atoms with Crippen LogP contribution in [0, 0.1) is 0 Å². The van der Waals surface area contributed by atoms with Crippen LogP contribution in [0.3, 0.4) is 0 Å². The van der Waals surface area contributed by atoms with Crippen LogP contribution in [0.1, 0.15) is 46.0 Å². The van der Waals surface area contributed by atoms with E-state index in [1.165, 1.54) is 38.6 Å². The van der Waals surface area contributed by atoms with Gasteiger partial charge in [0.15, 0.2) is 0 Å². The molecule has 0 aromatic rings. The molecule has 1 spiro atoms. The first-order valence-electron chi connectivity index (χ1n) is 7.86. The van der Waals surface area contributed by atoms with Gasteiger partial charge in [-0.2, -0.15) is 0 Å². The van der Waals surface area contributed by atoms with Gasteiger partial charge in [-0.25, -0.2) is 0 Å². The molecule has 0 radical (unpaired) electrons. The summed E-state index contributed by atoms with van der Waals surface area (Å²) < 4.78 is 5.68. The molecule has 2 aliphatic rings. The van der Waals surface area contributed by atoms with Crippen molar-refractivity contribution in [1.29, 1.82) is 0 Å². The van der Waals surface area contributed by atoms with E-state index in [-0.39, 0.29) is 0 Å². The fraction of sp³-hybridized carbons (Fsp3) is 0.875. The lowest BCUT2D eigenvalue weighted by Gasteiger charge is -2.46. The lowest BCUT2D eigenvalue weighted by molar-refractivity contribution is 0.0453. The van der Waals surface area contributed by atoms with Gasteiger partial charge in [-0.05, 0) is 26.2 Å². The third kappa shape index (κ3) is 4.04. The minimum atomic E-state index is 0.417. The van der Waals surface area contributed by atoms with Gasteiger partial charge < -0.3 is 10.1 Å². The Kier molecular flexibility index (Phi) is 5.43. The molecule has 1 saturated carbocycles. The number of nitrogens with zero attached hydrogens (tertiary/aromatic N) is 1. The normalized spacial score (nSPS) is 26.9. The Morgan fingerprint density at radius 3 is 2.79 bits per heavy atom. The highest BCUT2D eigenvalue weighted by atomic mass is 16.5. The molecular formula is C16H30N2O. The Hall–Kier alpha value is -0.380. The maximum atomic E-state index is 5.68. The lowest BCUT2D eigenvalue weighted by atomic mass is 9.91. The molecule has 1 atom stereocenters. The fourth-order valence-corrected chi connectivity index (χ4v) is 3.52. The standard InChI is InChI=1S/C16H30N2O/c1-4-15-11-17-16(7-5-6-8-16)13-18(15)9-10-19-12-14(2)3/h15,17H,2,4-13H2,1,3H3. The van der Waals surface area contributed by atoms with Crippen LogP contribution < -0.4 is 5.32 Å². The van der Waals surface area contributed by atoms with Crippen molar-refractivity contribution in [2.24, 2.45) is 0 Å². The van der Waals surface area contributed by atoms with Crippen molar-refractivity contribution in [1.82, 2.24) is 10.2 Å². The summed E-state index contributed by atoms with van der Waals surface area (Å²) in [5.41, 5.74) is 1.53. The van der Waals surface area contributed by atoms with E-state index in [0.29, 0.717) is 18.2 Å². The van der Waals surface area contributed by atoms with Gasteiger partial charge >= 0.3 is 0 Å². The predicted octanol–water partition coefficient (Wildman–Crippen LogP) is 2.58. The molecule has 1 aliphatic heterocycles. The predicted molar refractivity (Wildman–Crippen MR) is 80.5 cm³/mol. The summed E-state index contributed by atoms with van der Waals surface area (Å²) in [7, 11) is 0. The SMILES string of the molecule is C=C(C)COCCN1CC2(CCCC2)NCC1CC. The lowest BCUT2D eigenvalue weighted by Crippen LogP contribution is -2.63. The summed E-state index contributed by atoms with van der Waals surface area (Å²) in [4.78, 5) is 2.65. The van der Waals surface area contributed by atoms with Crippen molar-refractivity contribution in [3.05, 3.63) is 12.2 Å². The van der Waals surface area contributed by atoms with E-state index >= 15 is 0 Å². The maximum absolute atomic E-state index is 5.68. The highest BCUT2D eigenvalue weighted by Gasteiger charge is 2.40. The first-order chi connectivity index (χ1) is 9.15. The summed E-state index contributed by atoms with van der Waals surface area (Å²) in [6.45, 7) is 13.2. The average molecular weight is 266 g/mol. The van der Waals surface area contributed by atoms with Crippen LogP contribution in [0.25, 0.3) is 0 Å². The van der Waals surface area contributed by atoms with Gasteiger partial charge in [0.05, 0.1) is 13.2 Å². The molecule has 1 N–H and O–H groups in total. The molecule has 0 aromatic carbocycles. The van der Waals surface area contributed by atoms with Crippen molar-refractivity contribution in [3.8, 4) is 0 Å². The zero-order valence-corrected chi connectivity index (χ0v) is 12.7. The monoisotopic (exact) mass is 266 g/mol. The maximum Gasteiger partial charge on any atom is 0.0672 e. The number of hydrogen-bond donors (Lipinski definition) is 1. The molecule has 1 unspecified atom stereocenters. The Morgan fingerprint density at radius 2 is 2.16 bits per heavy atom. The van der Waals surface area contributed by atoms with Crippen molar-refractivity contribution < 1.29 is 4.74 Å². The van der Waals surface area contributed by atoms with E-state index in [4.69, 9.17) is 4.74 Å². The van der Waals surface area contributed by atoms with E-state index in [0.717, 1.165) is 25.3 Å². The van der Waals surface area contributed by atoms with Crippen molar-refractivity contribution >= 4 is 0 Å². The van der Waals surface area contributed by atoms with Gasteiger partial charge in [0.25, 0.3) is 0 Å². The van der Waals surface area contributed by atoms with Gasteiger partial charge in [0.2, 0.25) is 0 Å². The second-order valence-electron chi connectivity index (χ2n) is 6.41. The van der Waals surface area contributed by atoms with Crippen LogP contribution in [0.5, 0.6) is 0 Å². The molecular weight excluding hydrogens is 236 g/mol. The van der Waals surface area contributed by atoms with Gasteiger partial charge in [0.1, 0.15) is 0 Å². The molecule has 1 saturated heterocycles. The molecule has 19 heavy (non-hydrogen) atoms. The molecule has 110 valence electrons. The fourth-order valence-electron chi connectivity index (χ4n) is 3.52. The van der Waals surface area contributed by atoms with Crippen LogP contribution in [-0.2, 0) is 4.74 Å². The average Bonchev–Trinajstić information content (AvgIpc) is 2.83.